The molecule has 0 unspecified atom stereocenters. The second-order valence-corrected chi connectivity index (χ2v) is 7.29. The largest absolute Gasteiger partial charge is 0.232 e. The summed E-state index contributed by atoms with van der Waals surface area (Å²) in [4.78, 5) is 9.09. The van der Waals surface area contributed by atoms with E-state index >= 15 is 0 Å². The minimum atomic E-state index is -0.106. The second kappa shape index (κ2) is 5.42. The molecule has 0 aliphatic heterocycles. The van der Waals surface area contributed by atoms with Crippen LogP contribution >= 0.6 is 11.6 Å². The van der Waals surface area contributed by atoms with Gasteiger partial charge < -0.3 is 0 Å². The number of hydrogen-bond donors (Lipinski definition) is 0. The van der Waals surface area contributed by atoms with Gasteiger partial charge in [-0.3, -0.25) is 0 Å². The Balaban J connectivity index is 2.01. The number of benzene rings is 1. The molecule has 0 N–H and O–H groups in total. The average Bonchev–Trinajstić information content (AvgIpc) is 2.35. The zero-order valence-corrected chi connectivity index (χ0v) is 13.6. The molecule has 0 spiro atoms. The summed E-state index contributed by atoms with van der Waals surface area (Å²) in [7, 11) is 0. The van der Waals surface area contributed by atoms with Crippen molar-refractivity contribution in [2.45, 2.75) is 51.4 Å². The summed E-state index contributed by atoms with van der Waals surface area (Å²) in [6, 6.07) is 10.6. The zero-order chi connectivity index (χ0) is 15.0. The third-order valence-electron chi connectivity index (χ3n) is 4.12. The number of rotatable bonds is 2. The normalized spacial score (nSPS) is 15.8. The monoisotopic (exact) mass is 300 g/mol. The number of halogens is 1. The van der Waals surface area contributed by atoms with Crippen LogP contribution in [0.15, 0.2) is 30.3 Å². The lowest BCUT2D eigenvalue weighted by molar-refractivity contribution is 0.420. The van der Waals surface area contributed by atoms with Gasteiger partial charge in [0.2, 0.25) is 0 Å². The van der Waals surface area contributed by atoms with Crippen LogP contribution in [-0.2, 0) is 5.41 Å². The number of nitrogens with zero attached hydrogens (tertiary/aromatic N) is 2. The van der Waals surface area contributed by atoms with Gasteiger partial charge in [0.15, 0.2) is 0 Å². The molecule has 21 heavy (non-hydrogen) atoms. The molecule has 2 aromatic rings. The second-order valence-electron chi connectivity index (χ2n) is 6.90. The first-order valence-electron chi connectivity index (χ1n) is 7.59. The highest BCUT2D eigenvalue weighted by Crippen LogP contribution is 2.37. The standard InChI is InChI=1S/C18H21ClN2/c1-18(2,3)17-20-15(11-16(19)21-17)14-9-5-8-13(10-14)12-6-4-7-12/h5,8-12H,4,6-7H2,1-3H3. The molecule has 1 fully saturated rings. The van der Waals surface area contributed by atoms with Crippen LogP contribution in [0.1, 0.15) is 57.3 Å². The fourth-order valence-corrected chi connectivity index (χ4v) is 2.78. The highest BCUT2D eigenvalue weighted by molar-refractivity contribution is 6.29. The predicted molar refractivity (Wildman–Crippen MR) is 87.8 cm³/mol. The van der Waals surface area contributed by atoms with Crippen molar-refractivity contribution in [3.05, 3.63) is 46.9 Å². The van der Waals surface area contributed by atoms with E-state index in [1.807, 2.05) is 6.07 Å². The predicted octanol–water partition coefficient (Wildman–Crippen LogP) is 5.36. The minimum absolute atomic E-state index is 0.106. The molecule has 3 heteroatoms. The van der Waals surface area contributed by atoms with Gasteiger partial charge in [0.25, 0.3) is 0 Å². The number of aromatic nitrogens is 2. The van der Waals surface area contributed by atoms with E-state index in [0.29, 0.717) is 5.15 Å². The quantitative estimate of drug-likeness (QED) is 0.698. The Morgan fingerprint density at radius 3 is 2.48 bits per heavy atom. The first-order chi connectivity index (χ1) is 9.93. The summed E-state index contributed by atoms with van der Waals surface area (Å²) in [5, 5.41) is 0.513. The van der Waals surface area contributed by atoms with Crippen LogP contribution < -0.4 is 0 Å². The van der Waals surface area contributed by atoms with Crippen LogP contribution in [0, 0.1) is 0 Å². The molecule has 1 aromatic heterocycles. The summed E-state index contributed by atoms with van der Waals surface area (Å²) in [5.74, 6) is 1.52. The zero-order valence-electron chi connectivity index (χ0n) is 12.9. The third-order valence-corrected chi connectivity index (χ3v) is 4.32. The Bertz CT molecular complexity index is 655. The Hall–Kier alpha value is -1.41. The summed E-state index contributed by atoms with van der Waals surface area (Å²) >= 11 is 6.20. The molecule has 0 bridgehead atoms. The summed E-state index contributed by atoms with van der Waals surface area (Å²) in [6.45, 7) is 6.31. The maximum Gasteiger partial charge on any atom is 0.136 e. The van der Waals surface area contributed by atoms with Crippen LogP contribution in [0.4, 0.5) is 0 Å². The van der Waals surface area contributed by atoms with Gasteiger partial charge in [0.1, 0.15) is 11.0 Å². The summed E-state index contributed by atoms with van der Waals surface area (Å²) in [5.41, 5.74) is 3.37. The molecule has 110 valence electrons. The molecule has 2 nitrogen and oxygen atoms in total. The summed E-state index contributed by atoms with van der Waals surface area (Å²) in [6.07, 6.45) is 3.96. The topological polar surface area (TPSA) is 25.8 Å². The van der Waals surface area contributed by atoms with Crippen LogP contribution in [0.2, 0.25) is 5.15 Å². The fourth-order valence-electron chi connectivity index (χ4n) is 2.59. The van der Waals surface area contributed by atoms with Crippen molar-refractivity contribution in [2.24, 2.45) is 0 Å². The van der Waals surface area contributed by atoms with E-state index in [2.05, 4.69) is 50.0 Å². The molecule has 0 atom stereocenters. The first-order valence-corrected chi connectivity index (χ1v) is 7.97. The molecular formula is C18H21ClN2. The maximum absolute atomic E-state index is 6.20. The maximum atomic E-state index is 6.20. The van der Waals surface area contributed by atoms with Crippen LogP contribution in [0.25, 0.3) is 11.3 Å². The van der Waals surface area contributed by atoms with E-state index < -0.39 is 0 Å². The fraction of sp³-hybridized carbons (Fsp3) is 0.444. The van der Waals surface area contributed by atoms with Gasteiger partial charge in [0.05, 0.1) is 5.69 Å². The van der Waals surface area contributed by atoms with E-state index in [4.69, 9.17) is 16.6 Å². The lowest BCUT2D eigenvalue weighted by Crippen LogP contribution is -2.16. The van der Waals surface area contributed by atoms with Gasteiger partial charge in [-0.1, -0.05) is 57.0 Å². The Kier molecular flexibility index (Phi) is 3.75. The van der Waals surface area contributed by atoms with Crippen molar-refractivity contribution in [3.63, 3.8) is 0 Å². The molecule has 1 aliphatic carbocycles. The van der Waals surface area contributed by atoms with Gasteiger partial charge in [0, 0.05) is 17.0 Å². The van der Waals surface area contributed by atoms with Crippen molar-refractivity contribution in [1.29, 1.82) is 0 Å². The molecular weight excluding hydrogens is 280 g/mol. The SMILES string of the molecule is CC(C)(C)c1nc(Cl)cc(-c2cccc(C3CCC3)c2)n1. The Morgan fingerprint density at radius 2 is 1.86 bits per heavy atom. The van der Waals surface area contributed by atoms with E-state index in [-0.39, 0.29) is 5.41 Å². The van der Waals surface area contributed by atoms with Crippen molar-refractivity contribution < 1.29 is 0 Å². The highest BCUT2D eigenvalue weighted by Gasteiger charge is 2.21. The van der Waals surface area contributed by atoms with Crippen molar-refractivity contribution >= 4 is 11.6 Å². The van der Waals surface area contributed by atoms with Gasteiger partial charge in [-0.25, -0.2) is 9.97 Å². The Labute approximate surface area is 131 Å². The lowest BCUT2D eigenvalue weighted by Gasteiger charge is -2.26. The van der Waals surface area contributed by atoms with Gasteiger partial charge in [-0.05, 0) is 30.4 Å². The molecule has 0 saturated heterocycles. The highest BCUT2D eigenvalue weighted by atomic mass is 35.5. The molecule has 0 amide bonds. The molecule has 3 rings (SSSR count). The first kappa shape index (κ1) is 14.5. The van der Waals surface area contributed by atoms with Crippen LogP contribution in [0.3, 0.4) is 0 Å². The van der Waals surface area contributed by atoms with E-state index in [0.717, 1.165) is 23.0 Å². The smallest absolute Gasteiger partial charge is 0.136 e. The van der Waals surface area contributed by atoms with Crippen LogP contribution in [-0.4, -0.2) is 9.97 Å². The van der Waals surface area contributed by atoms with Gasteiger partial charge in [-0.15, -0.1) is 0 Å². The molecule has 0 radical (unpaired) electrons. The van der Waals surface area contributed by atoms with E-state index in [1.54, 1.807) is 0 Å². The van der Waals surface area contributed by atoms with Gasteiger partial charge in [-0.2, -0.15) is 0 Å². The van der Waals surface area contributed by atoms with E-state index in [9.17, 15) is 0 Å². The molecule has 1 aromatic carbocycles. The van der Waals surface area contributed by atoms with Crippen LogP contribution in [0.5, 0.6) is 0 Å². The molecule has 1 saturated carbocycles. The lowest BCUT2D eigenvalue weighted by atomic mass is 9.79. The minimum Gasteiger partial charge on any atom is -0.232 e. The molecule has 1 heterocycles. The summed E-state index contributed by atoms with van der Waals surface area (Å²) < 4.78 is 0. The van der Waals surface area contributed by atoms with Crippen molar-refractivity contribution in [3.8, 4) is 11.3 Å². The van der Waals surface area contributed by atoms with Crippen molar-refractivity contribution in [2.75, 3.05) is 0 Å². The van der Waals surface area contributed by atoms with Crippen molar-refractivity contribution in [1.82, 2.24) is 9.97 Å². The Morgan fingerprint density at radius 1 is 1.10 bits per heavy atom. The van der Waals surface area contributed by atoms with Gasteiger partial charge >= 0.3 is 0 Å². The third kappa shape index (κ3) is 3.11. The van der Waals surface area contributed by atoms with E-state index in [1.165, 1.54) is 24.8 Å². The average molecular weight is 301 g/mol. The molecule has 1 aliphatic rings. The number of hydrogen-bond acceptors (Lipinski definition) is 2.